The van der Waals surface area contributed by atoms with Crippen molar-refractivity contribution in [2.45, 2.75) is 19.4 Å². The molecule has 0 amide bonds. The number of benzene rings is 1. The lowest BCUT2D eigenvalue weighted by Gasteiger charge is -2.36. The van der Waals surface area contributed by atoms with Gasteiger partial charge in [-0.05, 0) is 25.5 Å². The molecule has 0 aliphatic carbocycles. The van der Waals surface area contributed by atoms with Crippen molar-refractivity contribution in [2.75, 3.05) is 26.2 Å². The van der Waals surface area contributed by atoms with Gasteiger partial charge in [-0.15, -0.1) is 31.4 Å². The van der Waals surface area contributed by atoms with Gasteiger partial charge in [0, 0.05) is 46.7 Å². The average Bonchev–Trinajstić information content (AvgIpc) is 2.37. The molecule has 1 aromatic carbocycles. The fraction of sp³-hybridized carbons (Fsp3) is 0.467. The van der Waals surface area contributed by atoms with Crippen molar-refractivity contribution in [3.8, 4) is 5.75 Å². The minimum absolute atomic E-state index is 0. The van der Waals surface area contributed by atoms with E-state index in [-0.39, 0.29) is 30.9 Å². The summed E-state index contributed by atoms with van der Waals surface area (Å²) in [6.45, 7) is 10.0. The molecule has 3 nitrogen and oxygen atoms in total. The maximum Gasteiger partial charge on any atom is 0.122 e. The van der Waals surface area contributed by atoms with E-state index >= 15 is 0 Å². The van der Waals surface area contributed by atoms with E-state index in [1.807, 2.05) is 13.0 Å². The summed E-state index contributed by atoms with van der Waals surface area (Å²) in [5.41, 5.74) is 2.08. The molecular weight excluding hydrogens is 455 g/mol. The van der Waals surface area contributed by atoms with Gasteiger partial charge in [-0.25, -0.2) is 0 Å². The first-order chi connectivity index (χ1) is 9.49. The SMILES string of the molecule is C=C(C)C[C@@H](c1c(O)cc(Br)cc1Br)N1CCNCC1.Cl.Cl. The standard InChI is InChI=1S/C15H20Br2N2O.2ClH/c1-10(2)7-13(19-5-3-18-4-6-19)15-12(17)8-11(16)9-14(15)20;;/h8-9,13,18,20H,1,3-7H2,2H3;2*1H/t13-;;/m0../s1. The van der Waals surface area contributed by atoms with Gasteiger partial charge in [0.2, 0.25) is 0 Å². The molecule has 2 N–H and O–H groups in total. The molecule has 0 spiro atoms. The number of piperazine rings is 1. The molecule has 1 aromatic rings. The molecule has 1 fully saturated rings. The van der Waals surface area contributed by atoms with Crippen LogP contribution >= 0.6 is 56.7 Å². The zero-order chi connectivity index (χ0) is 14.7. The van der Waals surface area contributed by atoms with Crippen LogP contribution in [0.1, 0.15) is 24.9 Å². The maximum absolute atomic E-state index is 10.4. The molecule has 0 aromatic heterocycles. The van der Waals surface area contributed by atoms with Crippen molar-refractivity contribution in [3.05, 3.63) is 38.8 Å². The third-order valence-corrected chi connectivity index (χ3v) is 4.65. The molecule has 1 aliphatic rings. The van der Waals surface area contributed by atoms with E-state index in [0.29, 0.717) is 5.75 Å². The first kappa shape index (κ1) is 22.2. The topological polar surface area (TPSA) is 35.5 Å². The highest BCUT2D eigenvalue weighted by Gasteiger charge is 2.26. The van der Waals surface area contributed by atoms with Crippen molar-refractivity contribution >= 4 is 56.7 Å². The minimum atomic E-state index is 0. The fourth-order valence-electron chi connectivity index (χ4n) is 2.64. The van der Waals surface area contributed by atoms with Crippen LogP contribution in [0.25, 0.3) is 0 Å². The summed E-state index contributed by atoms with van der Waals surface area (Å²) in [7, 11) is 0. The van der Waals surface area contributed by atoms with E-state index in [0.717, 1.165) is 52.7 Å². The van der Waals surface area contributed by atoms with E-state index in [1.165, 1.54) is 0 Å². The molecule has 7 heteroatoms. The van der Waals surface area contributed by atoms with Crippen LogP contribution in [0.5, 0.6) is 5.75 Å². The highest BCUT2D eigenvalue weighted by Crippen LogP contribution is 2.40. The van der Waals surface area contributed by atoms with Crippen molar-refractivity contribution < 1.29 is 5.11 Å². The Kier molecular flexibility index (Phi) is 10.3. The van der Waals surface area contributed by atoms with Gasteiger partial charge >= 0.3 is 0 Å². The summed E-state index contributed by atoms with van der Waals surface area (Å²) in [6.07, 6.45) is 0.855. The molecular formula is C15H22Br2Cl2N2O. The highest BCUT2D eigenvalue weighted by atomic mass is 79.9. The van der Waals surface area contributed by atoms with Gasteiger partial charge in [-0.3, -0.25) is 4.90 Å². The third kappa shape index (κ3) is 5.69. The summed E-state index contributed by atoms with van der Waals surface area (Å²) in [6, 6.07) is 3.91. The van der Waals surface area contributed by atoms with Crippen molar-refractivity contribution in [1.29, 1.82) is 0 Å². The minimum Gasteiger partial charge on any atom is -0.508 e. The van der Waals surface area contributed by atoms with E-state index in [2.05, 4.69) is 48.7 Å². The summed E-state index contributed by atoms with van der Waals surface area (Å²) >= 11 is 7.01. The Morgan fingerprint density at radius 3 is 2.41 bits per heavy atom. The molecule has 2 rings (SSSR count). The van der Waals surface area contributed by atoms with Crippen LogP contribution in [0, 0.1) is 0 Å². The lowest BCUT2D eigenvalue weighted by Crippen LogP contribution is -2.45. The van der Waals surface area contributed by atoms with Gasteiger partial charge in [0.25, 0.3) is 0 Å². The van der Waals surface area contributed by atoms with Gasteiger partial charge < -0.3 is 10.4 Å². The smallest absolute Gasteiger partial charge is 0.122 e. The Labute approximate surface area is 161 Å². The number of phenolic OH excluding ortho intramolecular Hbond substituents is 1. The number of aromatic hydroxyl groups is 1. The Morgan fingerprint density at radius 2 is 1.91 bits per heavy atom. The monoisotopic (exact) mass is 474 g/mol. The maximum atomic E-state index is 10.4. The molecule has 126 valence electrons. The predicted molar refractivity (Wildman–Crippen MR) is 105 cm³/mol. The first-order valence-electron chi connectivity index (χ1n) is 6.76. The molecule has 0 saturated carbocycles. The van der Waals surface area contributed by atoms with E-state index in [9.17, 15) is 5.11 Å². The Morgan fingerprint density at radius 1 is 1.32 bits per heavy atom. The second-order valence-electron chi connectivity index (χ2n) is 5.28. The molecule has 1 saturated heterocycles. The second kappa shape index (κ2) is 10.2. The molecule has 1 aliphatic heterocycles. The Balaban J connectivity index is 0.00000220. The van der Waals surface area contributed by atoms with Gasteiger partial charge in [-0.2, -0.15) is 0 Å². The van der Waals surface area contributed by atoms with Crippen LogP contribution in [0.4, 0.5) is 0 Å². The van der Waals surface area contributed by atoms with Crippen molar-refractivity contribution in [3.63, 3.8) is 0 Å². The van der Waals surface area contributed by atoms with Gasteiger partial charge in [0.15, 0.2) is 0 Å². The average molecular weight is 477 g/mol. The summed E-state index contributed by atoms with van der Waals surface area (Å²) in [5.74, 6) is 0.330. The zero-order valence-electron chi connectivity index (χ0n) is 12.4. The quantitative estimate of drug-likeness (QED) is 0.620. The number of nitrogens with zero attached hydrogens (tertiary/aromatic N) is 1. The Hall–Kier alpha value is 0.220. The first-order valence-corrected chi connectivity index (χ1v) is 8.34. The van der Waals surface area contributed by atoms with Crippen LogP contribution in [-0.2, 0) is 0 Å². The number of hydrogen-bond donors (Lipinski definition) is 2. The lowest BCUT2D eigenvalue weighted by atomic mass is 9.97. The molecule has 0 bridgehead atoms. The van der Waals surface area contributed by atoms with Crippen molar-refractivity contribution in [2.24, 2.45) is 0 Å². The van der Waals surface area contributed by atoms with Gasteiger partial charge in [-0.1, -0.05) is 37.4 Å². The largest absolute Gasteiger partial charge is 0.508 e. The molecule has 1 atom stereocenters. The summed E-state index contributed by atoms with van der Waals surface area (Å²) in [5, 5.41) is 13.7. The van der Waals surface area contributed by atoms with Crippen LogP contribution in [0.2, 0.25) is 0 Å². The van der Waals surface area contributed by atoms with Crippen LogP contribution in [0.3, 0.4) is 0 Å². The van der Waals surface area contributed by atoms with Crippen LogP contribution in [0.15, 0.2) is 33.2 Å². The van der Waals surface area contributed by atoms with E-state index < -0.39 is 0 Å². The third-order valence-electron chi connectivity index (χ3n) is 3.54. The second-order valence-corrected chi connectivity index (χ2v) is 7.05. The van der Waals surface area contributed by atoms with Crippen molar-refractivity contribution in [1.82, 2.24) is 10.2 Å². The number of phenols is 1. The number of halogens is 4. The summed E-state index contributed by atoms with van der Waals surface area (Å²) < 4.78 is 1.81. The van der Waals surface area contributed by atoms with E-state index in [1.54, 1.807) is 6.07 Å². The number of nitrogens with one attached hydrogen (secondary N) is 1. The molecule has 1 heterocycles. The fourth-order valence-corrected chi connectivity index (χ4v) is 4.11. The van der Waals surface area contributed by atoms with Crippen LogP contribution in [-0.4, -0.2) is 36.2 Å². The summed E-state index contributed by atoms with van der Waals surface area (Å²) in [4.78, 5) is 2.42. The van der Waals surface area contributed by atoms with E-state index in [4.69, 9.17) is 0 Å². The van der Waals surface area contributed by atoms with Crippen LogP contribution < -0.4 is 5.32 Å². The normalized spacial score (nSPS) is 16.3. The zero-order valence-corrected chi connectivity index (χ0v) is 17.2. The number of rotatable bonds is 4. The predicted octanol–water partition coefficient (Wildman–Crippen LogP) is 4.67. The van der Waals surface area contributed by atoms with Gasteiger partial charge in [0.05, 0.1) is 0 Å². The highest BCUT2D eigenvalue weighted by molar-refractivity contribution is 9.11. The lowest BCUT2D eigenvalue weighted by molar-refractivity contribution is 0.169. The molecule has 22 heavy (non-hydrogen) atoms. The molecule has 0 radical (unpaired) electrons. The number of hydrogen-bond acceptors (Lipinski definition) is 3. The Bertz CT molecular complexity index is 485. The molecule has 0 unspecified atom stereocenters. The van der Waals surface area contributed by atoms with Gasteiger partial charge in [0.1, 0.15) is 5.75 Å².